The summed E-state index contributed by atoms with van der Waals surface area (Å²) < 4.78 is 0.885. The molecule has 0 aliphatic heterocycles. The number of amides is 1. The lowest BCUT2D eigenvalue weighted by molar-refractivity contribution is -0.141. The fourth-order valence-electron chi connectivity index (χ4n) is 1.75. The summed E-state index contributed by atoms with van der Waals surface area (Å²) in [4.78, 5) is 23.8. The highest BCUT2D eigenvalue weighted by molar-refractivity contribution is 9.10. The van der Waals surface area contributed by atoms with E-state index in [0.717, 1.165) is 10.0 Å². The number of aliphatic carboxylic acids is 1. The summed E-state index contributed by atoms with van der Waals surface area (Å²) in [5.41, 5.74) is 0.826. The van der Waals surface area contributed by atoms with Gasteiger partial charge in [0, 0.05) is 9.35 Å². The largest absolute Gasteiger partial charge is 0.479 e. The van der Waals surface area contributed by atoms with E-state index in [0.29, 0.717) is 4.88 Å². The predicted molar refractivity (Wildman–Crippen MR) is 80.7 cm³/mol. The number of thiophene rings is 1. The van der Waals surface area contributed by atoms with Crippen LogP contribution in [0.5, 0.6) is 0 Å². The van der Waals surface area contributed by atoms with Crippen molar-refractivity contribution in [2.24, 2.45) is 0 Å². The maximum absolute atomic E-state index is 11.9. The molecule has 2 aromatic rings. The van der Waals surface area contributed by atoms with E-state index in [4.69, 9.17) is 0 Å². The van der Waals surface area contributed by atoms with Crippen LogP contribution in [0.2, 0.25) is 0 Å². The van der Waals surface area contributed by atoms with Crippen LogP contribution in [0.15, 0.2) is 46.3 Å². The number of carbonyl (C=O) groups excluding carboxylic acids is 1. The topological polar surface area (TPSA) is 66.4 Å². The molecule has 0 spiro atoms. The summed E-state index contributed by atoms with van der Waals surface area (Å²) in [6.07, 6.45) is 0.147. The van der Waals surface area contributed by atoms with E-state index < -0.39 is 12.0 Å². The SMILES string of the molecule is O=C(Cc1cccc(Br)c1)NC(C(=O)O)c1cccs1. The lowest BCUT2D eigenvalue weighted by Gasteiger charge is -2.13. The third-order valence-corrected chi connectivity index (χ3v) is 4.06. The quantitative estimate of drug-likeness (QED) is 0.868. The second kappa shape index (κ2) is 6.67. The first kappa shape index (κ1) is 14.7. The molecule has 0 aliphatic rings. The third-order valence-electron chi connectivity index (χ3n) is 2.63. The van der Waals surface area contributed by atoms with Crippen LogP contribution in [0, 0.1) is 0 Å². The zero-order chi connectivity index (χ0) is 14.5. The van der Waals surface area contributed by atoms with E-state index in [-0.39, 0.29) is 12.3 Å². The Morgan fingerprint density at radius 2 is 2.10 bits per heavy atom. The fraction of sp³-hybridized carbons (Fsp3) is 0.143. The molecular formula is C14H12BrNO3S. The van der Waals surface area contributed by atoms with Gasteiger partial charge in [-0.05, 0) is 29.1 Å². The van der Waals surface area contributed by atoms with Gasteiger partial charge in [-0.25, -0.2) is 4.79 Å². The molecule has 1 amide bonds. The van der Waals surface area contributed by atoms with Crippen LogP contribution < -0.4 is 5.32 Å². The molecular weight excluding hydrogens is 342 g/mol. The summed E-state index contributed by atoms with van der Waals surface area (Å²) in [5.74, 6) is -1.38. The molecule has 1 unspecified atom stereocenters. The molecule has 2 rings (SSSR count). The highest BCUT2D eigenvalue weighted by Crippen LogP contribution is 2.19. The Hall–Kier alpha value is -1.66. The van der Waals surface area contributed by atoms with Gasteiger partial charge in [0.25, 0.3) is 0 Å². The van der Waals surface area contributed by atoms with Crippen molar-refractivity contribution in [2.45, 2.75) is 12.5 Å². The Morgan fingerprint density at radius 1 is 1.30 bits per heavy atom. The van der Waals surface area contributed by atoms with Gasteiger partial charge in [-0.15, -0.1) is 11.3 Å². The van der Waals surface area contributed by atoms with Gasteiger partial charge < -0.3 is 10.4 Å². The first-order valence-electron chi connectivity index (χ1n) is 5.86. The first-order chi connectivity index (χ1) is 9.56. The molecule has 0 aliphatic carbocycles. The van der Waals surface area contributed by atoms with Gasteiger partial charge >= 0.3 is 5.97 Å². The number of benzene rings is 1. The Bertz CT molecular complexity index is 613. The summed E-state index contributed by atoms with van der Waals surface area (Å²) >= 11 is 4.64. The molecule has 4 nitrogen and oxygen atoms in total. The molecule has 20 heavy (non-hydrogen) atoms. The van der Waals surface area contributed by atoms with Crippen LogP contribution in [-0.2, 0) is 16.0 Å². The predicted octanol–water partition coefficient (Wildman–Crippen LogP) is 3.00. The summed E-state index contributed by atoms with van der Waals surface area (Å²) in [7, 11) is 0. The van der Waals surface area contributed by atoms with Gasteiger partial charge in [-0.1, -0.05) is 34.1 Å². The second-order valence-corrected chi connectivity index (χ2v) is 6.06. The Morgan fingerprint density at radius 3 is 2.70 bits per heavy atom. The maximum Gasteiger partial charge on any atom is 0.331 e. The zero-order valence-electron chi connectivity index (χ0n) is 10.4. The average molecular weight is 354 g/mol. The molecule has 6 heteroatoms. The van der Waals surface area contributed by atoms with Crippen LogP contribution in [0.1, 0.15) is 16.5 Å². The minimum Gasteiger partial charge on any atom is -0.479 e. The number of rotatable bonds is 5. The molecule has 0 radical (unpaired) electrons. The van der Waals surface area contributed by atoms with E-state index in [1.165, 1.54) is 11.3 Å². The van der Waals surface area contributed by atoms with Gasteiger partial charge in [0.15, 0.2) is 6.04 Å². The lowest BCUT2D eigenvalue weighted by atomic mass is 10.1. The molecule has 0 saturated heterocycles. The van der Waals surface area contributed by atoms with Gasteiger partial charge in [0.05, 0.1) is 6.42 Å². The molecule has 1 atom stereocenters. The molecule has 0 saturated carbocycles. The van der Waals surface area contributed by atoms with Crippen molar-refractivity contribution in [3.8, 4) is 0 Å². The third kappa shape index (κ3) is 3.91. The van der Waals surface area contributed by atoms with E-state index in [1.807, 2.05) is 24.3 Å². The van der Waals surface area contributed by atoms with E-state index in [1.54, 1.807) is 17.5 Å². The molecule has 104 valence electrons. The van der Waals surface area contributed by atoms with Crippen molar-refractivity contribution in [1.82, 2.24) is 5.32 Å². The number of hydrogen-bond donors (Lipinski definition) is 2. The first-order valence-corrected chi connectivity index (χ1v) is 7.53. The summed E-state index contributed by atoms with van der Waals surface area (Å²) in [6.45, 7) is 0. The molecule has 1 aromatic carbocycles. The Labute approximate surface area is 128 Å². The number of carbonyl (C=O) groups is 2. The highest BCUT2D eigenvalue weighted by Gasteiger charge is 2.22. The maximum atomic E-state index is 11.9. The standard InChI is InChI=1S/C14H12BrNO3S/c15-10-4-1-3-9(7-10)8-12(17)16-13(14(18)19)11-5-2-6-20-11/h1-7,13H,8H2,(H,16,17)(H,18,19). The number of carboxylic acids is 1. The minimum atomic E-state index is -1.06. The van der Waals surface area contributed by atoms with Crippen molar-refractivity contribution in [3.63, 3.8) is 0 Å². The Balaban J connectivity index is 2.04. The van der Waals surface area contributed by atoms with Crippen molar-refractivity contribution in [3.05, 3.63) is 56.7 Å². The number of hydrogen-bond acceptors (Lipinski definition) is 3. The van der Waals surface area contributed by atoms with Gasteiger partial charge in [-0.2, -0.15) is 0 Å². The Kier molecular flexibility index (Phi) is 4.92. The van der Waals surface area contributed by atoms with Gasteiger partial charge in [0.2, 0.25) is 5.91 Å². The fourth-order valence-corrected chi connectivity index (χ4v) is 2.97. The summed E-state index contributed by atoms with van der Waals surface area (Å²) in [6, 6.07) is 9.83. The second-order valence-electron chi connectivity index (χ2n) is 4.16. The normalized spacial score (nSPS) is 11.8. The van der Waals surface area contributed by atoms with E-state index in [9.17, 15) is 14.7 Å². The van der Waals surface area contributed by atoms with Gasteiger partial charge in [0.1, 0.15) is 0 Å². The van der Waals surface area contributed by atoms with Crippen LogP contribution >= 0.6 is 27.3 Å². The molecule has 0 bridgehead atoms. The zero-order valence-corrected chi connectivity index (χ0v) is 12.8. The van der Waals surface area contributed by atoms with Crippen molar-refractivity contribution < 1.29 is 14.7 Å². The number of halogens is 1. The number of carboxylic acid groups (broad SMARTS) is 1. The van der Waals surface area contributed by atoms with Crippen LogP contribution in [0.3, 0.4) is 0 Å². The number of nitrogens with one attached hydrogen (secondary N) is 1. The van der Waals surface area contributed by atoms with Gasteiger partial charge in [-0.3, -0.25) is 4.79 Å². The lowest BCUT2D eigenvalue weighted by Crippen LogP contribution is -2.34. The van der Waals surface area contributed by atoms with Crippen LogP contribution in [0.25, 0.3) is 0 Å². The summed E-state index contributed by atoms with van der Waals surface area (Å²) in [5, 5.41) is 13.5. The van der Waals surface area contributed by atoms with E-state index in [2.05, 4.69) is 21.2 Å². The molecule has 1 heterocycles. The van der Waals surface area contributed by atoms with Crippen molar-refractivity contribution >= 4 is 39.1 Å². The van der Waals surface area contributed by atoms with Crippen LogP contribution in [-0.4, -0.2) is 17.0 Å². The van der Waals surface area contributed by atoms with E-state index >= 15 is 0 Å². The minimum absolute atomic E-state index is 0.147. The smallest absolute Gasteiger partial charge is 0.331 e. The van der Waals surface area contributed by atoms with Crippen molar-refractivity contribution in [1.29, 1.82) is 0 Å². The van der Waals surface area contributed by atoms with Crippen LogP contribution in [0.4, 0.5) is 0 Å². The molecule has 0 fully saturated rings. The highest BCUT2D eigenvalue weighted by atomic mass is 79.9. The molecule has 1 aromatic heterocycles. The monoisotopic (exact) mass is 353 g/mol. The average Bonchev–Trinajstić information content (AvgIpc) is 2.89. The molecule has 2 N–H and O–H groups in total. The van der Waals surface area contributed by atoms with Crippen molar-refractivity contribution in [2.75, 3.05) is 0 Å².